The first-order valence-electron chi connectivity index (χ1n) is 3.14. The van der Waals surface area contributed by atoms with E-state index in [0.29, 0.717) is 11.6 Å². The molecule has 0 radical (unpaired) electrons. The number of hydrogen-bond donors (Lipinski definition) is 1. The molecule has 1 heterocycles. The summed E-state index contributed by atoms with van der Waals surface area (Å²) in [5.74, 6) is 0.502. The van der Waals surface area contributed by atoms with E-state index in [1.165, 1.54) is 0 Å². The summed E-state index contributed by atoms with van der Waals surface area (Å²) < 4.78 is 6.60. The molecule has 0 unspecified atom stereocenters. The van der Waals surface area contributed by atoms with Crippen molar-refractivity contribution in [3.05, 3.63) is 6.20 Å². The predicted octanol–water partition coefficient (Wildman–Crippen LogP) is 0.494. The minimum absolute atomic E-state index is 0.502. The molecule has 1 aromatic rings. The van der Waals surface area contributed by atoms with Crippen molar-refractivity contribution in [3.63, 3.8) is 0 Å². The lowest BCUT2D eigenvalue weighted by Crippen LogP contribution is -1.94. The molecule has 0 saturated carbocycles. The molecule has 2 N–H and O–H groups in total. The van der Waals surface area contributed by atoms with Crippen molar-refractivity contribution in [1.82, 2.24) is 9.78 Å². The zero-order valence-electron chi connectivity index (χ0n) is 6.16. The van der Waals surface area contributed by atoms with Crippen LogP contribution in [0.5, 0.6) is 5.88 Å². The molecule has 0 spiro atoms. The molecular formula is C6H11N3O. The molecule has 56 valence electrons. The lowest BCUT2D eigenvalue weighted by molar-refractivity contribution is 0.391. The maximum absolute atomic E-state index is 5.52. The number of nitrogens with zero attached hydrogens (tertiary/aromatic N) is 2. The van der Waals surface area contributed by atoms with Gasteiger partial charge >= 0.3 is 0 Å². The van der Waals surface area contributed by atoms with Crippen LogP contribution in [0.4, 0.5) is 5.69 Å². The van der Waals surface area contributed by atoms with Crippen LogP contribution in [0.25, 0.3) is 0 Å². The summed E-state index contributed by atoms with van der Waals surface area (Å²) in [6.07, 6.45) is 1.75. The molecule has 0 saturated heterocycles. The Morgan fingerprint density at radius 1 is 1.80 bits per heavy atom. The van der Waals surface area contributed by atoms with Gasteiger partial charge in [-0.2, -0.15) is 0 Å². The fraction of sp³-hybridized carbons (Fsp3) is 0.500. The number of aromatic nitrogens is 2. The summed E-state index contributed by atoms with van der Waals surface area (Å²) in [6, 6.07) is 0. The van der Waals surface area contributed by atoms with Gasteiger partial charge < -0.3 is 10.5 Å². The minimum Gasteiger partial charge on any atom is -0.478 e. The highest BCUT2D eigenvalue weighted by atomic mass is 16.5. The van der Waals surface area contributed by atoms with Crippen molar-refractivity contribution >= 4 is 5.69 Å². The molecule has 0 aliphatic carbocycles. The Morgan fingerprint density at radius 2 is 2.50 bits per heavy atom. The predicted molar refractivity (Wildman–Crippen MR) is 38.9 cm³/mol. The lowest BCUT2D eigenvalue weighted by Gasteiger charge is -1.92. The average Bonchev–Trinajstić information content (AvgIpc) is 2.30. The quantitative estimate of drug-likeness (QED) is 0.652. The van der Waals surface area contributed by atoms with Gasteiger partial charge in [-0.25, -0.2) is 0 Å². The molecule has 10 heavy (non-hydrogen) atoms. The van der Waals surface area contributed by atoms with Gasteiger partial charge in [0.1, 0.15) is 5.69 Å². The van der Waals surface area contributed by atoms with Crippen LogP contribution in [-0.4, -0.2) is 16.9 Å². The first-order valence-corrected chi connectivity index (χ1v) is 3.14. The van der Waals surface area contributed by atoms with Gasteiger partial charge in [0.2, 0.25) is 0 Å². The Morgan fingerprint density at radius 3 is 2.80 bits per heavy atom. The van der Waals surface area contributed by atoms with Gasteiger partial charge in [-0.15, -0.1) is 5.10 Å². The van der Waals surface area contributed by atoms with Crippen LogP contribution in [0.3, 0.4) is 0 Å². The number of methoxy groups -OCH3 is 1. The molecule has 4 heteroatoms. The largest absolute Gasteiger partial charge is 0.478 e. The van der Waals surface area contributed by atoms with Crippen molar-refractivity contribution < 1.29 is 4.74 Å². The average molecular weight is 141 g/mol. The van der Waals surface area contributed by atoms with Crippen LogP contribution < -0.4 is 10.5 Å². The number of ether oxygens (including phenoxy) is 1. The Bertz CT molecular complexity index is 219. The standard InChI is InChI=1S/C6H11N3O/c1-3-9-4-5(7)6(8-9)10-2/h4H,3,7H2,1-2H3. The van der Waals surface area contributed by atoms with Gasteiger partial charge in [0.05, 0.1) is 13.3 Å². The topological polar surface area (TPSA) is 53.1 Å². The van der Waals surface area contributed by atoms with Crippen LogP contribution in [0, 0.1) is 0 Å². The van der Waals surface area contributed by atoms with Gasteiger partial charge in [0.25, 0.3) is 5.88 Å². The summed E-state index contributed by atoms with van der Waals surface area (Å²) in [5.41, 5.74) is 6.11. The molecule has 0 aliphatic rings. The molecular weight excluding hydrogens is 130 g/mol. The van der Waals surface area contributed by atoms with E-state index in [1.54, 1.807) is 18.0 Å². The van der Waals surface area contributed by atoms with E-state index in [9.17, 15) is 0 Å². The normalized spacial score (nSPS) is 9.80. The highest BCUT2D eigenvalue weighted by Gasteiger charge is 2.02. The maximum atomic E-state index is 5.52. The van der Waals surface area contributed by atoms with Crippen molar-refractivity contribution in [2.24, 2.45) is 0 Å². The number of nitrogen functional groups attached to an aromatic ring is 1. The van der Waals surface area contributed by atoms with Crippen molar-refractivity contribution in [3.8, 4) is 5.88 Å². The smallest absolute Gasteiger partial charge is 0.255 e. The highest BCUT2D eigenvalue weighted by Crippen LogP contribution is 2.16. The summed E-state index contributed by atoms with van der Waals surface area (Å²) in [6.45, 7) is 2.80. The molecule has 0 fully saturated rings. The molecule has 0 aromatic carbocycles. The SMILES string of the molecule is CCn1cc(N)c(OC)n1. The highest BCUT2D eigenvalue weighted by molar-refractivity contribution is 5.45. The second-order valence-corrected chi connectivity index (χ2v) is 1.95. The summed E-state index contributed by atoms with van der Waals surface area (Å²) in [4.78, 5) is 0. The second kappa shape index (κ2) is 2.60. The van der Waals surface area contributed by atoms with Crippen molar-refractivity contribution in [2.45, 2.75) is 13.5 Å². The minimum atomic E-state index is 0.502. The van der Waals surface area contributed by atoms with E-state index in [1.807, 2.05) is 6.92 Å². The van der Waals surface area contributed by atoms with Crippen molar-refractivity contribution in [1.29, 1.82) is 0 Å². The second-order valence-electron chi connectivity index (χ2n) is 1.95. The van der Waals surface area contributed by atoms with Gasteiger partial charge in [-0.3, -0.25) is 4.68 Å². The summed E-state index contributed by atoms with van der Waals surface area (Å²) >= 11 is 0. The van der Waals surface area contributed by atoms with Crippen LogP contribution in [0.1, 0.15) is 6.92 Å². The Labute approximate surface area is 59.6 Å². The van der Waals surface area contributed by atoms with E-state index in [-0.39, 0.29) is 0 Å². The molecule has 1 aromatic heterocycles. The number of aryl methyl sites for hydroxylation is 1. The third-order valence-corrected chi connectivity index (χ3v) is 1.27. The van der Waals surface area contributed by atoms with Gasteiger partial charge in [0, 0.05) is 6.54 Å². The molecule has 0 atom stereocenters. The molecule has 0 amide bonds. The monoisotopic (exact) mass is 141 g/mol. The van der Waals surface area contributed by atoms with E-state index in [0.717, 1.165) is 6.54 Å². The molecule has 0 bridgehead atoms. The molecule has 4 nitrogen and oxygen atoms in total. The number of hydrogen-bond acceptors (Lipinski definition) is 3. The van der Waals surface area contributed by atoms with Gasteiger partial charge in [-0.05, 0) is 6.92 Å². The zero-order valence-corrected chi connectivity index (χ0v) is 6.16. The zero-order chi connectivity index (χ0) is 7.56. The third kappa shape index (κ3) is 1.05. The van der Waals surface area contributed by atoms with E-state index in [4.69, 9.17) is 10.5 Å². The first-order chi connectivity index (χ1) is 4.77. The number of nitrogens with two attached hydrogens (primary N) is 1. The van der Waals surface area contributed by atoms with Crippen LogP contribution in [0.15, 0.2) is 6.20 Å². The summed E-state index contributed by atoms with van der Waals surface area (Å²) in [7, 11) is 1.55. The Balaban J connectivity index is 2.92. The fourth-order valence-corrected chi connectivity index (χ4v) is 0.740. The third-order valence-electron chi connectivity index (χ3n) is 1.27. The maximum Gasteiger partial charge on any atom is 0.255 e. The fourth-order valence-electron chi connectivity index (χ4n) is 0.740. The van der Waals surface area contributed by atoms with E-state index in [2.05, 4.69) is 5.10 Å². The Hall–Kier alpha value is -1.19. The molecule has 1 rings (SSSR count). The van der Waals surface area contributed by atoms with Crippen LogP contribution in [0.2, 0.25) is 0 Å². The van der Waals surface area contributed by atoms with E-state index < -0.39 is 0 Å². The number of rotatable bonds is 2. The Kier molecular flexibility index (Phi) is 1.80. The first kappa shape index (κ1) is 6.92. The van der Waals surface area contributed by atoms with Gasteiger partial charge in [0.15, 0.2) is 0 Å². The number of anilines is 1. The van der Waals surface area contributed by atoms with E-state index >= 15 is 0 Å². The summed E-state index contributed by atoms with van der Waals surface area (Å²) in [5, 5.41) is 4.02. The van der Waals surface area contributed by atoms with Gasteiger partial charge in [-0.1, -0.05) is 0 Å². The molecule has 0 aliphatic heterocycles. The van der Waals surface area contributed by atoms with Crippen molar-refractivity contribution in [2.75, 3.05) is 12.8 Å². The lowest BCUT2D eigenvalue weighted by atomic mass is 10.6. The van der Waals surface area contributed by atoms with Crippen LogP contribution >= 0.6 is 0 Å². The van der Waals surface area contributed by atoms with Crippen LogP contribution in [-0.2, 0) is 6.54 Å².